The van der Waals surface area contributed by atoms with Crippen LogP contribution in [0.2, 0.25) is 5.02 Å². The van der Waals surface area contributed by atoms with Crippen molar-refractivity contribution in [2.45, 2.75) is 13.3 Å². The highest BCUT2D eigenvalue weighted by Crippen LogP contribution is 2.27. The minimum Gasteiger partial charge on any atom is -0.496 e. The summed E-state index contributed by atoms with van der Waals surface area (Å²) in [7, 11) is 1.47. The first-order valence-electron chi connectivity index (χ1n) is 5.09. The maximum atomic E-state index is 11.4. The fraction of sp³-hybridized carbons (Fsp3) is 0.333. The summed E-state index contributed by atoms with van der Waals surface area (Å²) < 4.78 is 9.93. The normalized spacial score (nSPS) is 9.82. The van der Waals surface area contributed by atoms with Gasteiger partial charge in [0.25, 0.3) is 0 Å². The second-order valence-electron chi connectivity index (χ2n) is 3.29. The minimum atomic E-state index is -0.370. The first-order valence-corrected chi connectivity index (χ1v) is 5.47. The lowest BCUT2D eigenvalue weighted by molar-refractivity contribution is -0.142. The van der Waals surface area contributed by atoms with Crippen molar-refractivity contribution in [2.75, 3.05) is 13.7 Å². The van der Waals surface area contributed by atoms with Gasteiger partial charge in [-0.3, -0.25) is 9.59 Å². The average molecular weight is 257 g/mol. The van der Waals surface area contributed by atoms with Gasteiger partial charge in [-0.15, -0.1) is 0 Å². The predicted octanol–water partition coefficient (Wildman–Crippen LogP) is 2.27. The van der Waals surface area contributed by atoms with Gasteiger partial charge in [-0.2, -0.15) is 0 Å². The molecule has 0 fully saturated rings. The third-order valence-electron chi connectivity index (χ3n) is 2.17. The van der Waals surface area contributed by atoms with Crippen molar-refractivity contribution in [1.29, 1.82) is 0 Å². The molecular weight excluding hydrogens is 244 g/mol. The summed E-state index contributed by atoms with van der Waals surface area (Å²) in [4.78, 5) is 22.1. The van der Waals surface area contributed by atoms with Crippen LogP contribution in [0, 0.1) is 0 Å². The van der Waals surface area contributed by atoms with E-state index in [1.54, 1.807) is 6.92 Å². The molecule has 0 aromatic heterocycles. The Morgan fingerprint density at radius 3 is 2.71 bits per heavy atom. The van der Waals surface area contributed by atoms with E-state index in [1.807, 2.05) is 0 Å². The van der Waals surface area contributed by atoms with E-state index in [0.717, 1.165) is 0 Å². The Kier molecular flexibility index (Phi) is 4.97. The Balaban J connectivity index is 3.03. The van der Waals surface area contributed by atoms with E-state index in [0.29, 0.717) is 34.8 Å². The van der Waals surface area contributed by atoms with Crippen LogP contribution in [0.3, 0.4) is 0 Å². The number of ether oxygens (including phenoxy) is 2. The van der Waals surface area contributed by atoms with Crippen LogP contribution in [0.15, 0.2) is 12.1 Å². The van der Waals surface area contributed by atoms with E-state index in [1.165, 1.54) is 19.2 Å². The van der Waals surface area contributed by atoms with Crippen molar-refractivity contribution < 1.29 is 19.1 Å². The van der Waals surface area contributed by atoms with E-state index in [9.17, 15) is 9.59 Å². The van der Waals surface area contributed by atoms with Gasteiger partial charge in [0.15, 0.2) is 6.29 Å². The van der Waals surface area contributed by atoms with E-state index >= 15 is 0 Å². The Morgan fingerprint density at radius 1 is 1.47 bits per heavy atom. The summed E-state index contributed by atoms with van der Waals surface area (Å²) in [5, 5.41) is 0.296. The molecule has 0 aliphatic carbocycles. The zero-order valence-electron chi connectivity index (χ0n) is 9.66. The van der Waals surface area contributed by atoms with Gasteiger partial charge in [0.2, 0.25) is 0 Å². The third-order valence-corrected chi connectivity index (χ3v) is 2.49. The highest BCUT2D eigenvalue weighted by molar-refractivity contribution is 6.33. The highest BCUT2D eigenvalue weighted by Gasteiger charge is 2.13. The number of halogens is 1. The average Bonchev–Trinajstić information content (AvgIpc) is 2.31. The lowest BCUT2D eigenvalue weighted by Gasteiger charge is -2.10. The number of benzene rings is 1. The van der Waals surface area contributed by atoms with Crippen LogP contribution in [0.5, 0.6) is 5.75 Å². The fourth-order valence-corrected chi connectivity index (χ4v) is 1.60. The molecule has 4 nitrogen and oxygen atoms in total. The zero-order chi connectivity index (χ0) is 12.8. The number of hydrogen-bond acceptors (Lipinski definition) is 4. The standard InChI is InChI=1S/C12H13ClO4/c1-3-17-12(15)5-8-4-9(7-14)10(13)6-11(8)16-2/h4,6-7H,3,5H2,1-2H3. The zero-order valence-corrected chi connectivity index (χ0v) is 10.4. The molecule has 1 rings (SSSR count). The number of rotatable bonds is 5. The number of hydrogen-bond donors (Lipinski definition) is 0. The van der Waals surface area contributed by atoms with Crippen LogP contribution in [-0.2, 0) is 16.0 Å². The van der Waals surface area contributed by atoms with E-state index < -0.39 is 0 Å². The number of carbonyl (C=O) groups excluding carboxylic acids is 2. The fourth-order valence-electron chi connectivity index (χ4n) is 1.40. The van der Waals surface area contributed by atoms with Crippen molar-refractivity contribution in [1.82, 2.24) is 0 Å². The Labute approximate surface area is 104 Å². The van der Waals surface area contributed by atoms with Gasteiger partial charge in [0.05, 0.1) is 25.2 Å². The molecule has 0 atom stereocenters. The summed E-state index contributed by atoms with van der Waals surface area (Å²) in [5.41, 5.74) is 0.907. The SMILES string of the molecule is CCOC(=O)Cc1cc(C=O)c(Cl)cc1OC. The molecule has 0 aliphatic heterocycles. The van der Waals surface area contributed by atoms with Gasteiger partial charge in [-0.1, -0.05) is 11.6 Å². The largest absolute Gasteiger partial charge is 0.496 e. The quantitative estimate of drug-likeness (QED) is 0.599. The van der Waals surface area contributed by atoms with Crippen LogP contribution in [0.4, 0.5) is 0 Å². The van der Waals surface area contributed by atoms with E-state index in [4.69, 9.17) is 21.1 Å². The second kappa shape index (κ2) is 6.25. The van der Waals surface area contributed by atoms with Gasteiger partial charge < -0.3 is 9.47 Å². The third kappa shape index (κ3) is 3.46. The number of aldehydes is 1. The van der Waals surface area contributed by atoms with Crippen molar-refractivity contribution in [3.05, 3.63) is 28.3 Å². The molecule has 0 bridgehead atoms. The van der Waals surface area contributed by atoms with Gasteiger partial charge in [-0.25, -0.2) is 0 Å². The molecule has 0 unspecified atom stereocenters. The smallest absolute Gasteiger partial charge is 0.310 e. The minimum absolute atomic E-state index is 0.0506. The van der Waals surface area contributed by atoms with Crippen molar-refractivity contribution in [2.24, 2.45) is 0 Å². The van der Waals surface area contributed by atoms with Crippen molar-refractivity contribution in [3.63, 3.8) is 0 Å². The molecule has 0 heterocycles. The summed E-state index contributed by atoms with van der Waals surface area (Å²) in [6.45, 7) is 2.04. The van der Waals surface area contributed by atoms with E-state index in [-0.39, 0.29) is 12.4 Å². The number of methoxy groups -OCH3 is 1. The lowest BCUT2D eigenvalue weighted by Crippen LogP contribution is -2.09. The number of esters is 1. The van der Waals surface area contributed by atoms with Crippen LogP contribution in [-0.4, -0.2) is 26.0 Å². The molecule has 0 amide bonds. The molecule has 1 aromatic carbocycles. The van der Waals surface area contributed by atoms with Crippen LogP contribution in [0.1, 0.15) is 22.8 Å². The van der Waals surface area contributed by atoms with Crippen LogP contribution in [0.25, 0.3) is 0 Å². The van der Waals surface area contributed by atoms with Gasteiger partial charge in [-0.05, 0) is 19.1 Å². The van der Waals surface area contributed by atoms with Gasteiger partial charge in [0, 0.05) is 11.1 Å². The van der Waals surface area contributed by atoms with Crippen molar-refractivity contribution >= 4 is 23.9 Å². The van der Waals surface area contributed by atoms with Crippen molar-refractivity contribution in [3.8, 4) is 5.75 Å². The first-order chi connectivity index (χ1) is 8.12. The predicted molar refractivity (Wildman–Crippen MR) is 63.7 cm³/mol. The van der Waals surface area contributed by atoms with Gasteiger partial charge >= 0.3 is 5.97 Å². The Bertz CT molecular complexity index is 429. The molecule has 92 valence electrons. The monoisotopic (exact) mass is 256 g/mol. The molecule has 0 saturated carbocycles. The molecule has 0 radical (unpaired) electrons. The lowest BCUT2D eigenvalue weighted by atomic mass is 10.1. The molecule has 0 aliphatic rings. The first kappa shape index (κ1) is 13.5. The topological polar surface area (TPSA) is 52.6 Å². The second-order valence-corrected chi connectivity index (χ2v) is 3.69. The van der Waals surface area contributed by atoms with Gasteiger partial charge in [0.1, 0.15) is 5.75 Å². The Morgan fingerprint density at radius 2 is 2.18 bits per heavy atom. The molecule has 0 spiro atoms. The maximum absolute atomic E-state index is 11.4. The molecule has 0 N–H and O–H groups in total. The summed E-state index contributed by atoms with van der Waals surface area (Å²) in [5.74, 6) is 0.0959. The maximum Gasteiger partial charge on any atom is 0.310 e. The molecular formula is C12H13ClO4. The Hall–Kier alpha value is -1.55. The van der Waals surface area contributed by atoms with E-state index in [2.05, 4.69) is 0 Å². The molecule has 17 heavy (non-hydrogen) atoms. The summed E-state index contributed by atoms with van der Waals surface area (Å²) in [6.07, 6.45) is 0.686. The summed E-state index contributed by atoms with van der Waals surface area (Å²) in [6, 6.07) is 3.05. The summed E-state index contributed by atoms with van der Waals surface area (Å²) >= 11 is 5.85. The highest BCUT2D eigenvalue weighted by atomic mass is 35.5. The van der Waals surface area contributed by atoms with Crippen LogP contribution >= 0.6 is 11.6 Å². The molecule has 5 heteroatoms. The van der Waals surface area contributed by atoms with Crippen LogP contribution < -0.4 is 4.74 Å². The molecule has 0 saturated heterocycles. The number of carbonyl (C=O) groups is 2. The molecule has 1 aromatic rings.